The van der Waals surface area contributed by atoms with Gasteiger partial charge in [-0.15, -0.1) is 21.5 Å². The number of anilines is 1. The molecule has 0 aliphatic heterocycles. The Hall–Kier alpha value is -2.19. The summed E-state index contributed by atoms with van der Waals surface area (Å²) in [6, 6.07) is 7.83. The molecule has 1 N–H and O–H groups in total. The number of nitrogens with one attached hydrogen (secondary N) is 1. The minimum atomic E-state index is -0.104. The molecule has 0 bridgehead atoms. The monoisotopic (exact) mass is 374 g/mol. The van der Waals surface area contributed by atoms with Gasteiger partial charge in [0, 0.05) is 11.1 Å². The van der Waals surface area contributed by atoms with E-state index < -0.39 is 0 Å². The number of aryl methyl sites for hydroxylation is 2. The van der Waals surface area contributed by atoms with Crippen LogP contribution in [-0.4, -0.2) is 26.8 Å². The van der Waals surface area contributed by atoms with Crippen molar-refractivity contribution in [2.24, 2.45) is 0 Å². The van der Waals surface area contributed by atoms with Crippen LogP contribution in [0.2, 0.25) is 0 Å². The molecule has 25 heavy (non-hydrogen) atoms. The molecular weight excluding hydrogens is 356 g/mol. The van der Waals surface area contributed by atoms with Gasteiger partial charge in [0.25, 0.3) is 5.22 Å². The average molecular weight is 374 g/mol. The summed E-state index contributed by atoms with van der Waals surface area (Å²) in [7, 11) is 0. The Morgan fingerprint density at radius 2 is 2.24 bits per heavy atom. The summed E-state index contributed by atoms with van der Waals surface area (Å²) in [5.41, 5.74) is 2.90. The Kier molecular flexibility index (Phi) is 5.83. The van der Waals surface area contributed by atoms with Crippen molar-refractivity contribution in [3.05, 3.63) is 51.8 Å². The van der Waals surface area contributed by atoms with Gasteiger partial charge in [0.2, 0.25) is 11.8 Å². The lowest BCUT2D eigenvalue weighted by molar-refractivity contribution is -0.113. The van der Waals surface area contributed by atoms with Gasteiger partial charge < -0.3 is 9.73 Å². The number of aromatic nitrogens is 3. The first-order chi connectivity index (χ1) is 12.1. The van der Waals surface area contributed by atoms with E-state index in [0.717, 1.165) is 22.8 Å². The minimum Gasteiger partial charge on any atom is -0.416 e. The molecule has 3 aromatic rings. The Bertz CT molecular complexity index is 860. The standard InChI is InChI=1S/C17H18N4O2S2/c1-3-12-5-4-6-13(7-12)19-15(22)10-25-17-21-20-16(23-17)8-14-9-24-11(2)18-14/h4-7,9H,3,8,10H2,1-2H3,(H,19,22). The second-order valence-corrected chi connectivity index (χ2v) is 7.38. The highest BCUT2D eigenvalue weighted by atomic mass is 32.2. The van der Waals surface area contributed by atoms with Crippen LogP contribution in [0, 0.1) is 6.92 Å². The first kappa shape index (κ1) is 17.6. The summed E-state index contributed by atoms with van der Waals surface area (Å²) in [6.07, 6.45) is 1.44. The Labute approximate surface area is 154 Å². The highest BCUT2D eigenvalue weighted by molar-refractivity contribution is 7.99. The Morgan fingerprint density at radius 1 is 1.36 bits per heavy atom. The van der Waals surface area contributed by atoms with Crippen LogP contribution in [0.4, 0.5) is 5.69 Å². The molecule has 2 heterocycles. The molecule has 0 saturated carbocycles. The predicted molar refractivity (Wildman–Crippen MR) is 99.1 cm³/mol. The zero-order valence-corrected chi connectivity index (χ0v) is 15.6. The summed E-state index contributed by atoms with van der Waals surface area (Å²) in [6.45, 7) is 4.04. The molecule has 0 saturated heterocycles. The van der Waals surface area contributed by atoms with Crippen molar-refractivity contribution in [2.45, 2.75) is 31.9 Å². The number of amides is 1. The maximum absolute atomic E-state index is 12.1. The molecule has 0 aliphatic carbocycles. The summed E-state index contributed by atoms with van der Waals surface area (Å²) in [5.74, 6) is 0.616. The zero-order chi connectivity index (χ0) is 17.6. The average Bonchev–Trinajstić information content (AvgIpc) is 3.22. The van der Waals surface area contributed by atoms with Crippen molar-refractivity contribution in [2.75, 3.05) is 11.1 Å². The normalized spacial score (nSPS) is 10.8. The molecule has 6 nitrogen and oxygen atoms in total. The van der Waals surface area contributed by atoms with E-state index >= 15 is 0 Å². The lowest BCUT2D eigenvalue weighted by Gasteiger charge is -2.05. The quantitative estimate of drug-likeness (QED) is 0.635. The van der Waals surface area contributed by atoms with Crippen molar-refractivity contribution in [1.82, 2.24) is 15.2 Å². The number of hydrogen-bond acceptors (Lipinski definition) is 7. The van der Waals surface area contributed by atoms with Gasteiger partial charge in [-0.2, -0.15) is 0 Å². The maximum atomic E-state index is 12.1. The third kappa shape index (κ3) is 5.14. The first-order valence-electron chi connectivity index (χ1n) is 7.87. The van der Waals surface area contributed by atoms with Crippen LogP contribution in [-0.2, 0) is 17.6 Å². The topological polar surface area (TPSA) is 80.9 Å². The van der Waals surface area contributed by atoms with Crippen LogP contribution in [0.1, 0.15) is 29.1 Å². The van der Waals surface area contributed by atoms with Crippen LogP contribution in [0.15, 0.2) is 39.3 Å². The molecule has 1 aromatic carbocycles. The third-order valence-corrected chi connectivity index (χ3v) is 5.03. The number of carbonyl (C=O) groups excluding carboxylic acids is 1. The second kappa shape index (κ2) is 8.26. The predicted octanol–water partition coefficient (Wildman–Crippen LogP) is 3.72. The van der Waals surface area contributed by atoms with Gasteiger partial charge in [-0.1, -0.05) is 30.8 Å². The number of thiazole rings is 1. The van der Waals surface area contributed by atoms with Crippen LogP contribution < -0.4 is 5.32 Å². The van der Waals surface area contributed by atoms with Gasteiger partial charge in [-0.05, 0) is 31.0 Å². The van der Waals surface area contributed by atoms with Crippen molar-refractivity contribution in [3.8, 4) is 0 Å². The smallest absolute Gasteiger partial charge is 0.277 e. The van der Waals surface area contributed by atoms with E-state index in [0.29, 0.717) is 17.5 Å². The molecule has 0 unspecified atom stereocenters. The molecule has 0 spiro atoms. The van der Waals surface area contributed by atoms with Crippen LogP contribution >= 0.6 is 23.1 Å². The van der Waals surface area contributed by atoms with Gasteiger partial charge in [-0.25, -0.2) is 4.98 Å². The van der Waals surface area contributed by atoms with E-state index in [1.165, 1.54) is 17.3 Å². The molecule has 0 aliphatic rings. The lowest BCUT2D eigenvalue weighted by Crippen LogP contribution is -2.14. The maximum Gasteiger partial charge on any atom is 0.277 e. The van der Waals surface area contributed by atoms with E-state index in [1.54, 1.807) is 11.3 Å². The highest BCUT2D eigenvalue weighted by Crippen LogP contribution is 2.19. The van der Waals surface area contributed by atoms with E-state index in [1.807, 2.05) is 36.6 Å². The molecule has 2 aromatic heterocycles. The Morgan fingerprint density at radius 3 is 3.00 bits per heavy atom. The molecule has 8 heteroatoms. The van der Waals surface area contributed by atoms with Crippen LogP contribution in [0.3, 0.4) is 0 Å². The first-order valence-corrected chi connectivity index (χ1v) is 9.74. The largest absolute Gasteiger partial charge is 0.416 e. The zero-order valence-electron chi connectivity index (χ0n) is 14.0. The SMILES string of the molecule is CCc1cccc(NC(=O)CSc2nnc(Cc3csc(C)n3)o2)c1. The van der Waals surface area contributed by atoms with Gasteiger partial charge in [0.05, 0.1) is 22.9 Å². The van der Waals surface area contributed by atoms with Gasteiger partial charge in [0.15, 0.2) is 0 Å². The van der Waals surface area contributed by atoms with Crippen molar-refractivity contribution in [3.63, 3.8) is 0 Å². The summed E-state index contributed by atoms with van der Waals surface area (Å²) in [4.78, 5) is 16.4. The summed E-state index contributed by atoms with van der Waals surface area (Å²) >= 11 is 2.81. The van der Waals surface area contributed by atoms with Crippen LogP contribution in [0.5, 0.6) is 0 Å². The van der Waals surface area contributed by atoms with Crippen molar-refractivity contribution >= 4 is 34.7 Å². The number of rotatable bonds is 7. The molecule has 130 valence electrons. The Balaban J connectivity index is 1.50. The molecule has 1 amide bonds. The fourth-order valence-electron chi connectivity index (χ4n) is 2.21. The van der Waals surface area contributed by atoms with Crippen molar-refractivity contribution in [1.29, 1.82) is 0 Å². The third-order valence-electron chi connectivity index (χ3n) is 3.39. The molecule has 0 atom stereocenters. The van der Waals surface area contributed by atoms with E-state index in [9.17, 15) is 4.79 Å². The van der Waals surface area contributed by atoms with Gasteiger partial charge in [0.1, 0.15) is 0 Å². The minimum absolute atomic E-state index is 0.104. The molecule has 0 fully saturated rings. The fourth-order valence-corrected chi connectivity index (χ4v) is 3.40. The van der Waals surface area contributed by atoms with E-state index in [2.05, 4.69) is 27.4 Å². The van der Waals surface area contributed by atoms with Crippen LogP contribution in [0.25, 0.3) is 0 Å². The highest BCUT2D eigenvalue weighted by Gasteiger charge is 2.11. The number of carbonyl (C=O) groups is 1. The van der Waals surface area contributed by atoms with E-state index in [4.69, 9.17) is 4.42 Å². The summed E-state index contributed by atoms with van der Waals surface area (Å²) in [5, 5.41) is 14.2. The van der Waals surface area contributed by atoms with Gasteiger partial charge in [-0.3, -0.25) is 4.79 Å². The number of benzene rings is 1. The van der Waals surface area contributed by atoms with Crippen molar-refractivity contribution < 1.29 is 9.21 Å². The number of nitrogens with zero attached hydrogens (tertiary/aromatic N) is 3. The van der Waals surface area contributed by atoms with E-state index in [-0.39, 0.29) is 11.7 Å². The molecule has 3 rings (SSSR count). The second-order valence-electron chi connectivity index (χ2n) is 5.39. The molecular formula is C17H18N4O2S2. The van der Waals surface area contributed by atoms with Gasteiger partial charge >= 0.3 is 0 Å². The fraction of sp³-hybridized carbons (Fsp3) is 0.294. The lowest BCUT2D eigenvalue weighted by atomic mass is 10.1. The summed E-state index contributed by atoms with van der Waals surface area (Å²) < 4.78 is 5.56. The number of hydrogen-bond donors (Lipinski definition) is 1. The molecule has 0 radical (unpaired) electrons. The number of thioether (sulfide) groups is 1.